The zero-order valence-corrected chi connectivity index (χ0v) is 10.7. The van der Waals surface area contributed by atoms with Gasteiger partial charge in [-0.25, -0.2) is 0 Å². The molecule has 0 aliphatic heterocycles. The van der Waals surface area contributed by atoms with Crippen LogP contribution in [0.5, 0.6) is 0 Å². The average molecular weight is 263 g/mol. The van der Waals surface area contributed by atoms with Gasteiger partial charge < -0.3 is 10.6 Å². The van der Waals surface area contributed by atoms with Crippen LogP contribution < -0.4 is 10.6 Å². The molecule has 1 heterocycles. The Morgan fingerprint density at radius 2 is 1.82 bits per heavy atom. The second-order valence-corrected chi connectivity index (χ2v) is 4.43. The molecule has 8 heteroatoms. The summed E-state index contributed by atoms with van der Waals surface area (Å²) in [5, 5.41) is 5.84. The zero-order valence-electron chi connectivity index (χ0n) is 9.87. The molecule has 0 fully saturated rings. The Bertz CT molecular complexity index is 333. The van der Waals surface area contributed by atoms with E-state index in [9.17, 15) is 8.78 Å². The van der Waals surface area contributed by atoms with Crippen LogP contribution in [0.1, 0.15) is 20.8 Å². The molecular formula is C9H15F2N5S. The maximum Gasteiger partial charge on any atom is 0.291 e. The van der Waals surface area contributed by atoms with Crippen LogP contribution in [0.15, 0.2) is 5.16 Å². The summed E-state index contributed by atoms with van der Waals surface area (Å²) in [6.07, 6.45) is 0. The van der Waals surface area contributed by atoms with Gasteiger partial charge in [-0.15, -0.1) is 0 Å². The number of rotatable bonds is 6. The summed E-state index contributed by atoms with van der Waals surface area (Å²) in [4.78, 5) is 11.9. The van der Waals surface area contributed by atoms with Gasteiger partial charge in [0.15, 0.2) is 5.16 Å². The van der Waals surface area contributed by atoms with E-state index >= 15 is 0 Å². The van der Waals surface area contributed by atoms with E-state index in [2.05, 4.69) is 25.6 Å². The quantitative estimate of drug-likeness (QED) is 0.769. The lowest BCUT2D eigenvalue weighted by Crippen LogP contribution is -2.15. The van der Waals surface area contributed by atoms with E-state index < -0.39 is 5.76 Å². The molecule has 0 bridgehead atoms. The van der Waals surface area contributed by atoms with E-state index in [0.717, 1.165) is 0 Å². The van der Waals surface area contributed by atoms with Gasteiger partial charge in [0.2, 0.25) is 11.9 Å². The minimum atomic E-state index is -2.54. The Balaban J connectivity index is 2.91. The molecule has 0 spiro atoms. The number of anilines is 2. The van der Waals surface area contributed by atoms with Gasteiger partial charge in [-0.2, -0.15) is 23.7 Å². The second kappa shape index (κ2) is 6.53. The third kappa shape index (κ3) is 5.12. The van der Waals surface area contributed by atoms with E-state index in [1.165, 1.54) is 0 Å². The number of nitrogens with zero attached hydrogens (tertiary/aromatic N) is 3. The van der Waals surface area contributed by atoms with Gasteiger partial charge in [-0.05, 0) is 32.5 Å². The van der Waals surface area contributed by atoms with E-state index in [0.29, 0.717) is 30.2 Å². The Morgan fingerprint density at radius 3 is 2.35 bits per heavy atom. The minimum absolute atomic E-state index is 0.00843. The second-order valence-electron chi connectivity index (χ2n) is 3.47. The lowest BCUT2D eigenvalue weighted by molar-refractivity contribution is 0.251. The molecule has 2 N–H and O–H groups in total. The number of thioether (sulfide) groups is 1. The largest absolute Gasteiger partial charge is 0.354 e. The summed E-state index contributed by atoms with van der Waals surface area (Å²) in [6, 6.07) is 0.122. The highest BCUT2D eigenvalue weighted by Gasteiger charge is 2.12. The van der Waals surface area contributed by atoms with Crippen LogP contribution in [0.25, 0.3) is 0 Å². The van der Waals surface area contributed by atoms with E-state index in [4.69, 9.17) is 0 Å². The minimum Gasteiger partial charge on any atom is -0.354 e. The Labute approximate surface area is 103 Å². The molecule has 1 rings (SSSR count). The van der Waals surface area contributed by atoms with Crippen LogP contribution in [-0.2, 0) is 0 Å². The first-order chi connectivity index (χ1) is 8.01. The predicted molar refractivity (Wildman–Crippen MR) is 64.6 cm³/mol. The van der Waals surface area contributed by atoms with Crippen LogP contribution in [0.3, 0.4) is 0 Å². The summed E-state index contributed by atoms with van der Waals surface area (Å²) in [6.45, 7) is 6.32. The maximum absolute atomic E-state index is 12.3. The standard InChI is InChI=1S/C9H15F2N5S/c1-4-12-7-14-8(13-5(2)3)16-9(15-7)17-6(10)11/h5-6H,4H2,1-3H3,(H2,12,13,14,15,16). The average Bonchev–Trinajstić information content (AvgIpc) is 2.14. The van der Waals surface area contributed by atoms with Crippen molar-refractivity contribution in [2.45, 2.75) is 37.7 Å². The fraction of sp³-hybridized carbons (Fsp3) is 0.667. The first-order valence-corrected chi connectivity index (χ1v) is 6.10. The lowest BCUT2D eigenvalue weighted by atomic mass is 10.4. The van der Waals surface area contributed by atoms with Gasteiger partial charge in [0.25, 0.3) is 5.76 Å². The summed E-state index contributed by atoms with van der Waals surface area (Å²) in [5.41, 5.74) is 0. The van der Waals surface area contributed by atoms with Gasteiger partial charge in [0.05, 0.1) is 0 Å². The topological polar surface area (TPSA) is 62.7 Å². The molecule has 17 heavy (non-hydrogen) atoms. The van der Waals surface area contributed by atoms with Crippen molar-refractivity contribution in [1.82, 2.24) is 15.0 Å². The third-order valence-corrected chi connectivity index (χ3v) is 2.13. The molecule has 1 aromatic rings. The van der Waals surface area contributed by atoms with E-state index in [1.54, 1.807) is 0 Å². The SMILES string of the molecule is CCNc1nc(NC(C)C)nc(SC(F)F)n1. The molecule has 1 aromatic heterocycles. The first kappa shape index (κ1) is 13.9. The summed E-state index contributed by atoms with van der Waals surface area (Å²) < 4.78 is 24.5. The predicted octanol–water partition coefficient (Wildman–Crippen LogP) is 2.44. The number of alkyl halides is 2. The molecule has 0 aromatic carbocycles. The fourth-order valence-electron chi connectivity index (χ4n) is 1.05. The Morgan fingerprint density at radius 1 is 1.18 bits per heavy atom. The first-order valence-electron chi connectivity index (χ1n) is 5.22. The molecule has 0 aliphatic carbocycles. The number of halogens is 2. The number of hydrogen-bond donors (Lipinski definition) is 2. The molecule has 96 valence electrons. The zero-order chi connectivity index (χ0) is 12.8. The molecular weight excluding hydrogens is 248 g/mol. The van der Waals surface area contributed by atoms with Gasteiger partial charge in [0.1, 0.15) is 0 Å². The monoisotopic (exact) mass is 263 g/mol. The lowest BCUT2D eigenvalue weighted by Gasteiger charge is -2.10. The van der Waals surface area contributed by atoms with Crippen molar-refractivity contribution < 1.29 is 8.78 Å². The number of hydrogen-bond acceptors (Lipinski definition) is 6. The van der Waals surface area contributed by atoms with Crippen molar-refractivity contribution in [2.75, 3.05) is 17.2 Å². The third-order valence-electron chi connectivity index (χ3n) is 1.56. The summed E-state index contributed by atoms with van der Waals surface area (Å²) in [7, 11) is 0. The van der Waals surface area contributed by atoms with E-state index in [-0.39, 0.29) is 11.2 Å². The molecule has 0 atom stereocenters. The van der Waals surface area contributed by atoms with Crippen LogP contribution in [0.2, 0.25) is 0 Å². The van der Waals surface area contributed by atoms with Gasteiger partial charge >= 0.3 is 0 Å². The van der Waals surface area contributed by atoms with Crippen LogP contribution in [0.4, 0.5) is 20.7 Å². The molecule has 0 unspecified atom stereocenters. The summed E-state index contributed by atoms with van der Waals surface area (Å²) >= 11 is 0.304. The molecule has 0 aliphatic rings. The van der Waals surface area contributed by atoms with Crippen molar-refractivity contribution in [3.8, 4) is 0 Å². The van der Waals surface area contributed by atoms with Gasteiger partial charge in [-0.3, -0.25) is 0 Å². The normalized spacial score (nSPS) is 11.0. The highest BCUT2D eigenvalue weighted by atomic mass is 32.2. The van der Waals surface area contributed by atoms with Crippen LogP contribution in [-0.4, -0.2) is 33.3 Å². The molecule has 0 saturated carbocycles. The van der Waals surface area contributed by atoms with Crippen molar-refractivity contribution >= 4 is 23.7 Å². The Kier molecular flexibility index (Phi) is 5.33. The van der Waals surface area contributed by atoms with Crippen molar-refractivity contribution in [1.29, 1.82) is 0 Å². The number of nitrogens with one attached hydrogen (secondary N) is 2. The highest BCUT2D eigenvalue weighted by molar-refractivity contribution is 7.99. The van der Waals surface area contributed by atoms with Crippen molar-refractivity contribution in [3.05, 3.63) is 0 Å². The van der Waals surface area contributed by atoms with Gasteiger partial charge in [0, 0.05) is 12.6 Å². The van der Waals surface area contributed by atoms with Crippen LogP contribution >= 0.6 is 11.8 Å². The fourth-order valence-corrected chi connectivity index (χ4v) is 1.49. The van der Waals surface area contributed by atoms with Gasteiger partial charge in [-0.1, -0.05) is 0 Å². The van der Waals surface area contributed by atoms with E-state index in [1.807, 2.05) is 20.8 Å². The Hall–Kier alpha value is -1.18. The highest BCUT2D eigenvalue weighted by Crippen LogP contribution is 2.23. The summed E-state index contributed by atoms with van der Waals surface area (Å²) in [5.74, 6) is -1.94. The van der Waals surface area contributed by atoms with Crippen molar-refractivity contribution in [2.24, 2.45) is 0 Å². The molecule has 0 saturated heterocycles. The maximum atomic E-state index is 12.3. The molecule has 0 amide bonds. The number of aromatic nitrogens is 3. The van der Waals surface area contributed by atoms with Crippen molar-refractivity contribution in [3.63, 3.8) is 0 Å². The molecule has 0 radical (unpaired) electrons. The smallest absolute Gasteiger partial charge is 0.291 e. The van der Waals surface area contributed by atoms with Crippen LogP contribution in [0, 0.1) is 0 Å². The molecule has 5 nitrogen and oxygen atoms in total.